The Labute approximate surface area is 101 Å². The molecule has 92 valence electrons. The number of carbonyl (C=O) groups is 2. The number of Topliss-reactive ketones (excluding diaryl/α,β-unsaturated/α-hetero) is 1. The van der Waals surface area contributed by atoms with Crippen molar-refractivity contribution in [3.63, 3.8) is 0 Å². The first kappa shape index (κ1) is 13.5. The SMILES string of the molecule is CC(C)(CN1CCCC1C(=O)CCl)C(=O)O. The molecule has 0 radical (unpaired) electrons. The van der Waals surface area contributed by atoms with E-state index in [0.717, 1.165) is 19.4 Å². The van der Waals surface area contributed by atoms with Crippen molar-refractivity contribution in [2.75, 3.05) is 19.0 Å². The van der Waals surface area contributed by atoms with Crippen molar-refractivity contribution in [3.05, 3.63) is 0 Å². The fourth-order valence-corrected chi connectivity index (χ4v) is 2.22. The van der Waals surface area contributed by atoms with Crippen LogP contribution in [-0.2, 0) is 9.59 Å². The van der Waals surface area contributed by atoms with Crippen LogP contribution in [0.15, 0.2) is 0 Å². The second kappa shape index (κ2) is 5.15. The molecule has 1 aliphatic rings. The van der Waals surface area contributed by atoms with E-state index in [1.807, 2.05) is 4.90 Å². The number of carboxylic acid groups (broad SMARTS) is 1. The first-order valence-electron chi connectivity index (χ1n) is 5.44. The first-order chi connectivity index (χ1) is 7.38. The maximum Gasteiger partial charge on any atom is 0.310 e. The minimum absolute atomic E-state index is 0.000329. The number of aliphatic carboxylic acids is 1. The molecule has 4 nitrogen and oxygen atoms in total. The molecule has 1 N–H and O–H groups in total. The molecular formula is C11H18ClNO3. The Morgan fingerprint density at radius 2 is 2.12 bits per heavy atom. The van der Waals surface area contributed by atoms with Gasteiger partial charge in [-0.3, -0.25) is 14.5 Å². The van der Waals surface area contributed by atoms with E-state index in [2.05, 4.69) is 0 Å². The Kier molecular flexibility index (Phi) is 4.33. The van der Waals surface area contributed by atoms with Crippen molar-refractivity contribution in [2.45, 2.75) is 32.7 Å². The summed E-state index contributed by atoms with van der Waals surface area (Å²) in [5.74, 6) is -0.828. The van der Waals surface area contributed by atoms with Crippen LogP contribution in [0.3, 0.4) is 0 Å². The summed E-state index contributed by atoms with van der Waals surface area (Å²) in [6, 6.07) is -0.184. The van der Waals surface area contributed by atoms with Crippen molar-refractivity contribution in [2.24, 2.45) is 5.41 Å². The summed E-state index contributed by atoms with van der Waals surface area (Å²) in [7, 11) is 0. The van der Waals surface area contributed by atoms with Gasteiger partial charge in [0.25, 0.3) is 0 Å². The van der Waals surface area contributed by atoms with E-state index in [4.69, 9.17) is 16.7 Å². The number of alkyl halides is 1. The predicted molar refractivity (Wildman–Crippen MR) is 61.7 cm³/mol. The van der Waals surface area contributed by atoms with Crippen LogP contribution >= 0.6 is 11.6 Å². The van der Waals surface area contributed by atoms with Crippen LogP contribution in [0.4, 0.5) is 0 Å². The molecule has 1 saturated heterocycles. The highest BCUT2D eigenvalue weighted by molar-refractivity contribution is 6.28. The van der Waals surface area contributed by atoms with Gasteiger partial charge in [0.1, 0.15) is 0 Å². The number of hydrogen-bond donors (Lipinski definition) is 1. The third kappa shape index (κ3) is 2.95. The molecule has 1 rings (SSSR count). The summed E-state index contributed by atoms with van der Waals surface area (Å²) in [5, 5.41) is 9.05. The van der Waals surface area contributed by atoms with Gasteiger partial charge in [-0.2, -0.15) is 0 Å². The Hall–Kier alpha value is -0.610. The topological polar surface area (TPSA) is 57.6 Å². The zero-order chi connectivity index (χ0) is 12.3. The molecule has 0 saturated carbocycles. The van der Waals surface area contributed by atoms with E-state index >= 15 is 0 Å². The van der Waals surface area contributed by atoms with Crippen LogP contribution in [0, 0.1) is 5.41 Å². The summed E-state index contributed by atoms with van der Waals surface area (Å²) < 4.78 is 0. The highest BCUT2D eigenvalue weighted by atomic mass is 35.5. The van der Waals surface area contributed by atoms with Crippen molar-refractivity contribution >= 4 is 23.4 Å². The second-order valence-corrected chi connectivity index (χ2v) is 5.18. The molecule has 1 heterocycles. The lowest BCUT2D eigenvalue weighted by Gasteiger charge is -2.30. The lowest BCUT2D eigenvalue weighted by atomic mass is 9.92. The predicted octanol–water partition coefficient (Wildman–Crippen LogP) is 1.37. The maximum atomic E-state index is 11.6. The zero-order valence-electron chi connectivity index (χ0n) is 9.70. The molecule has 1 aliphatic heterocycles. The molecule has 0 spiro atoms. The minimum Gasteiger partial charge on any atom is -0.481 e. The average molecular weight is 248 g/mol. The molecule has 0 amide bonds. The molecule has 0 aromatic heterocycles. The van der Waals surface area contributed by atoms with Gasteiger partial charge in [-0.05, 0) is 33.2 Å². The second-order valence-electron chi connectivity index (χ2n) is 4.92. The summed E-state index contributed by atoms with van der Waals surface area (Å²) in [5.41, 5.74) is -0.824. The van der Waals surface area contributed by atoms with Crippen molar-refractivity contribution in [1.82, 2.24) is 4.90 Å². The summed E-state index contributed by atoms with van der Waals surface area (Å²) in [4.78, 5) is 24.5. The number of nitrogens with zero attached hydrogens (tertiary/aromatic N) is 1. The maximum absolute atomic E-state index is 11.6. The fraction of sp³-hybridized carbons (Fsp3) is 0.818. The molecule has 0 aromatic carbocycles. The molecule has 0 bridgehead atoms. The van der Waals surface area contributed by atoms with Gasteiger partial charge in [-0.25, -0.2) is 0 Å². The third-order valence-electron chi connectivity index (χ3n) is 3.04. The molecule has 1 atom stereocenters. The molecule has 0 aromatic rings. The normalized spacial score (nSPS) is 22.3. The van der Waals surface area contributed by atoms with Crippen LogP contribution in [0.25, 0.3) is 0 Å². The average Bonchev–Trinajstić information content (AvgIpc) is 2.63. The van der Waals surface area contributed by atoms with E-state index in [-0.39, 0.29) is 17.7 Å². The molecule has 1 unspecified atom stereocenters. The molecule has 0 aliphatic carbocycles. The van der Waals surface area contributed by atoms with Crippen LogP contribution in [0.1, 0.15) is 26.7 Å². The van der Waals surface area contributed by atoms with Gasteiger partial charge < -0.3 is 5.11 Å². The number of likely N-dealkylation sites (tertiary alicyclic amines) is 1. The van der Waals surface area contributed by atoms with Crippen LogP contribution < -0.4 is 0 Å². The van der Waals surface area contributed by atoms with Crippen molar-refractivity contribution < 1.29 is 14.7 Å². The number of ketones is 1. The van der Waals surface area contributed by atoms with E-state index in [1.165, 1.54) is 0 Å². The fourth-order valence-electron chi connectivity index (χ4n) is 2.04. The zero-order valence-corrected chi connectivity index (χ0v) is 10.5. The highest BCUT2D eigenvalue weighted by Crippen LogP contribution is 2.25. The summed E-state index contributed by atoms with van der Waals surface area (Å²) in [6.45, 7) is 4.53. The first-order valence-corrected chi connectivity index (χ1v) is 5.98. The van der Waals surface area contributed by atoms with Crippen molar-refractivity contribution in [3.8, 4) is 0 Å². The summed E-state index contributed by atoms with van der Waals surface area (Å²) in [6.07, 6.45) is 1.73. The van der Waals surface area contributed by atoms with Crippen LogP contribution in [0.5, 0.6) is 0 Å². The largest absolute Gasteiger partial charge is 0.481 e. The smallest absolute Gasteiger partial charge is 0.310 e. The molecular weight excluding hydrogens is 230 g/mol. The lowest BCUT2D eigenvalue weighted by molar-refractivity contribution is -0.148. The van der Waals surface area contributed by atoms with Crippen molar-refractivity contribution in [1.29, 1.82) is 0 Å². The van der Waals surface area contributed by atoms with Gasteiger partial charge in [0.05, 0.1) is 17.3 Å². The number of hydrogen-bond acceptors (Lipinski definition) is 3. The van der Waals surface area contributed by atoms with Gasteiger partial charge in [-0.1, -0.05) is 0 Å². The Morgan fingerprint density at radius 1 is 1.50 bits per heavy atom. The van der Waals surface area contributed by atoms with E-state index in [9.17, 15) is 9.59 Å². The number of carboxylic acids is 1. The van der Waals surface area contributed by atoms with Gasteiger partial charge in [0, 0.05) is 6.54 Å². The van der Waals surface area contributed by atoms with Gasteiger partial charge >= 0.3 is 5.97 Å². The van der Waals surface area contributed by atoms with Gasteiger partial charge in [-0.15, -0.1) is 11.6 Å². The molecule has 5 heteroatoms. The minimum atomic E-state index is -0.837. The van der Waals surface area contributed by atoms with E-state index in [1.54, 1.807) is 13.8 Å². The monoisotopic (exact) mass is 247 g/mol. The van der Waals surface area contributed by atoms with E-state index < -0.39 is 11.4 Å². The Bertz CT molecular complexity index is 291. The van der Waals surface area contributed by atoms with Gasteiger partial charge in [0.2, 0.25) is 0 Å². The number of carbonyl (C=O) groups excluding carboxylic acids is 1. The number of rotatable bonds is 5. The van der Waals surface area contributed by atoms with Crippen LogP contribution in [0.2, 0.25) is 0 Å². The molecule has 1 fully saturated rings. The quantitative estimate of drug-likeness (QED) is 0.746. The standard InChI is InChI=1S/C11H18ClNO3/c1-11(2,10(15)16)7-13-5-3-4-8(13)9(14)6-12/h8H,3-7H2,1-2H3,(H,15,16). The highest BCUT2D eigenvalue weighted by Gasteiger charge is 2.36. The molecule has 16 heavy (non-hydrogen) atoms. The summed E-state index contributed by atoms with van der Waals surface area (Å²) >= 11 is 5.54. The Balaban J connectivity index is 2.66. The van der Waals surface area contributed by atoms with Crippen LogP contribution in [-0.4, -0.2) is 46.8 Å². The third-order valence-corrected chi connectivity index (χ3v) is 3.31. The Morgan fingerprint density at radius 3 is 2.62 bits per heavy atom. The van der Waals surface area contributed by atoms with E-state index in [0.29, 0.717) is 6.54 Å². The lowest BCUT2D eigenvalue weighted by Crippen LogP contribution is -2.44. The number of halogens is 1. The van der Waals surface area contributed by atoms with Gasteiger partial charge in [0.15, 0.2) is 5.78 Å².